The van der Waals surface area contributed by atoms with E-state index < -0.39 is 11.0 Å². The van der Waals surface area contributed by atoms with E-state index in [-0.39, 0.29) is 17.6 Å². The van der Waals surface area contributed by atoms with Gasteiger partial charge in [0, 0.05) is 13.2 Å². The highest BCUT2D eigenvalue weighted by Crippen LogP contribution is 2.32. The number of nitrogens with zero attached hydrogens (tertiary/aromatic N) is 4. The summed E-state index contributed by atoms with van der Waals surface area (Å²) >= 11 is 0. The molecule has 0 bridgehead atoms. The Morgan fingerprint density at radius 2 is 2.07 bits per heavy atom. The second kappa shape index (κ2) is 9.01. The van der Waals surface area contributed by atoms with Gasteiger partial charge in [0.2, 0.25) is 0 Å². The van der Waals surface area contributed by atoms with Gasteiger partial charge in [-0.25, -0.2) is 18.9 Å². The van der Waals surface area contributed by atoms with E-state index in [1.807, 2.05) is 13.8 Å². The van der Waals surface area contributed by atoms with E-state index in [2.05, 4.69) is 25.1 Å². The molecule has 158 valence electrons. The minimum atomic E-state index is -1.38. The van der Waals surface area contributed by atoms with Crippen molar-refractivity contribution in [1.29, 1.82) is 5.41 Å². The Hall–Kier alpha value is -3.31. The van der Waals surface area contributed by atoms with Crippen LogP contribution >= 0.6 is 0 Å². The monoisotopic (exact) mass is 428 g/mol. The molecule has 11 heteroatoms. The predicted molar refractivity (Wildman–Crippen MR) is 117 cm³/mol. The quantitative estimate of drug-likeness (QED) is 0.402. The lowest BCUT2D eigenvalue weighted by molar-refractivity contribution is 0.243. The molecule has 2 heterocycles. The predicted octanol–water partition coefficient (Wildman–Crippen LogP) is 1.98. The van der Waals surface area contributed by atoms with Crippen LogP contribution < -0.4 is 20.5 Å². The van der Waals surface area contributed by atoms with Gasteiger partial charge in [-0.15, -0.1) is 0 Å². The number of aryl methyl sites for hydroxylation is 1. The molecule has 0 saturated carbocycles. The molecule has 0 aliphatic rings. The lowest BCUT2D eigenvalue weighted by Crippen LogP contribution is -2.16. The molecule has 3 rings (SSSR count). The molecule has 0 aliphatic heterocycles. The maximum atomic E-state index is 12.2. The maximum absolute atomic E-state index is 12.2. The van der Waals surface area contributed by atoms with Crippen LogP contribution in [0.5, 0.6) is 5.75 Å². The summed E-state index contributed by atoms with van der Waals surface area (Å²) in [7, 11) is 1.97. The average Bonchev–Trinajstić information content (AvgIpc) is 3.14. The van der Waals surface area contributed by atoms with Crippen molar-refractivity contribution in [2.24, 2.45) is 7.05 Å². The summed E-state index contributed by atoms with van der Waals surface area (Å²) in [5, 5.41) is 15.9. The second-order valence-electron chi connectivity index (χ2n) is 6.62. The van der Waals surface area contributed by atoms with Crippen LogP contribution in [0.2, 0.25) is 0 Å². The normalized spacial score (nSPS) is 12.0. The van der Waals surface area contributed by atoms with E-state index in [4.69, 9.17) is 15.9 Å². The maximum Gasteiger partial charge on any atom is 0.145 e. The number of aromatic nitrogens is 4. The van der Waals surface area contributed by atoms with Crippen molar-refractivity contribution in [3.8, 4) is 5.75 Å². The topological polar surface area (TPSA) is 144 Å². The van der Waals surface area contributed by atoms with Crippen molar-refractivity contribution in [3.63, 3.8) is 0 Å². The third kappa shape index (κ3) is 4.47. The van der Waals surface area contributed by atoms with Crippen molar-refractivity contribution in [1.82, 2.24) is 24.5 Å². The van der Waals surface area contributed by atoms with Crippen LogP contribution in [-0.4, -0.2) is 42.8 Å². The first kappa shape index (κ1) is 21.4. The van der Waals surface area contributed by atoms with Gasteiger partial charge in [-0.1, -0.05) is 0 Å². The highest BCUT2D eigenvalue weighted by Gasteiger charge is 2.20. The summed E-state index contributed by atoms with van der Waals surface area (Å²) in [4.78, 5) is 8.89. The molecule has 0 aliphatic carbocycles. The largest absolute Gasteiger partial charge is 0.489 e. The van der Waals surface area contributed by atoms with Crippen molar-refractivity contribution < 1.29 is 8.95 Å². The van der Waals surface area contributed by atoms with E-state index in [1.54, 1.807) is 49.2 Å². The molecule has 0 saturated heterocycles. The summed E-state index contributed by atoms with van der Waals surface area (Å²) in [6.45, 7) is 3.82. The van der Waals surface area contributed by atoms with Crippen LogP contribution in [0.3, 0.4) is 0 Å². The zero-order valence-electron chi connectivity index (χ0n) is 17.1. The van der Waals surface area contributed by atoms with Crippen LogP contribution in [0.1, 0.15) is 25.1 Å². The second-order valence-corrected chi connectivity index (χ2v) is 8.04. The molecule has 2 aromatic heterocycles. The molecule has 1 aromatic carbocycles. The van der Waals surface area contributed by atoms with E-state index >= 15 is 0 Å². The number of benzene rings is 1. The standard InChI is InChI=1S/C19H24N8O2S/c1-11(2)29-15-6-5-12(30(28)22-3)9-13(15)26-19-16(18(21)23-10-24-19)17(20)14-7-8-25-27(14)4/h5-11,20,22H,1-4H3,(H3,21,23,24,26). The molecule has 5 N–H and O–H groups in total. The molecule has 3 aromatic rings. The van der Waals surface area contributed by atoms with Crippen molar-refractivity contribution in [2.45, 2.75) is 24.8 Å². The van der Waals surface area contributed by atoms with Crippen LogP contribution in [-0.2, 0) is 18.0 Å². The molecule has 0 fully saturated rings. The Morgan fingerprint density at radius 1 is 1.30 bits per heavy atom. The number of rotatable bonds is 8. The zero-order valence-corrected chi connectivity index (χ0v) is 17.9. The van der Waals surface area contributed by atoms with Crippen molar-refractivity contribution in [3.05, 3.63) is 48.0 Å². The molecule has 0 spiro atoms. The fraction of sp³-hybridized carbons (Fsp3) is 0.263. The minimum Gasteiger partial charge on any atom is -0.489 e. The third-order valence-corrected chi connectivity index (χ3v) is 5.22. The fourth-order valence-electron chi connectivity index (χ4n) is 2.81. The number of nitrogens with one attached hydrogen (secondary N) is 3. The van der Waals surface area contributed by atoms with Crippen LogP contribution in [0.25, 0.3) is 0 Å². The Kier molecular flexibility index (Phi) is 6.43. The van der Waals surface area contributed by atoms with Gasteiger partial charge in [-0.3, -0.25) is 10.1 Å². The molecule has 10 nitrogen and oxygen atoms in total. The van der Waals surface area contributed by atoms with Gasteiger partial charge in [0.25, 0.3) is 0 Å². The molecular formula is C19H24N8O2S. The van der Waals surface area contributed by atoms with E-state index in [1.165, 1.54) is 6.33 Å². The van der Waals surface area contributed by atoms with E-state index in [0.717, 1.165) is 0 Å². The summed E-state index contributed by atoms with van der Waals surface area (Å²) in [5.74, 6) is 1.03. The minimum absolute atomic E-state index is 0.0751. The molecular weight excluding hydrogens is 404 g/mol. The Morgan fingerprint density at radius 3 is 2.70 bits per heavy atom. The van der Waals surface area contributed by atoms with Gasteiger partial charge in [-0.2, -0.15) is 5.10 Å². The number of nitrogens with two attached hydrogens (primary N) is 1. The molecule has 1 atom stereocenters. The third-order valence-electron chi connectivity index (χ3n) is 4.17. The number of hydrogen-bond donors (Lipinski definition) is 4. The summed E-state index contributed by atoms with van der Waals surface area (Å²) < 4.78 is 22.4. The van der Waals surface area contributed by atoms with Gasteiger partial charge in [0.1, 0.15) is 34.7 Å². The van der Waals surface area contributed by atoms with Gasteiger partial charge in [0.05, 0.1) is 33.7 Å². The number of hydrogen-bond acceptors (Lipinski definition) is 8. The molecule has 1 unspecified atom stereocenters. The lowest BCUT2D eigenvalue weighted by Gasteiger charge is -2.18. The number of anilines is 3. The summed E-state index contributed by atoms with van der Waals surface area (Å²) in [6, 6.07) is 6.88. The molecule has 30 heavy (non-hydrogen) atoms. The summed E-state index contributed by atoms with van der Waals surface area (Å²) in [6.07, 6.45) is 2.84. The Balaban J connectivity index is 2.08. The number of nitrogen functional groups attached to an aromatic ring is 1. The van der Waals surface area contributed by atoms with Crippen LogP contribution in [0.4, 0.5) is 17.3 Å². The van der Waals surface area contributed by atoms with Crippen LogP contribution in [0.15, 0.2) is 41.7 Å². The molecule has 0 radical (unpaired) electrons. The van der Waals surface area contributed by atoms with Crippen molar-refractivity contribution in [2.75, 3.05) is 18.1 Å². The Labute approximate surface area is 177 Å². The van der Waals surface area contributed by atoms with Gasteiger partial charge in [0.15, 0.2) is 0 Å². The first-order valence-electron chi connectivity index (χ1n) is 9.16. The van der Waals surface area contributed by atoms with Crippen molar-refractivity contribution >= 4 is 34.0 Å². The van der Waals surface area contributed by atoms with E-state index in [0.29, 0.717) is 33.4 Å². The first-order chi connectivity index (χ1) is 14.3. The Bertz CT molecular complexity index is 1100. The SMILES string of the molecule is CNS(=O)c1ccc(OC(C)C)c(Nc2ncnc(N)c2C(=N)c2ccnn2C)c1. The zero-order chi connectivity index (χ0) is 21.8. The lowest BCUT2D eigenvalue weighted by atomic mass is 10.1. The first-order valence-corrected chi connectivity index (χ1v) is 10.3. The van der Waals surface area contributed by atoms with Gasteiger partial charge < -0.3 is 15.8 Å². The average molecular weight is 429 g/mol. The number of ether oxygens (including phenoxy) is 1. The highest BCUT2D eigenvalue weighted by molar-refractivity contribution is 7.83. The van der Waals surface area contributed by atoms with Gasteiger partial charge >= 0.3 is 0 Å². The molecule has 0 amide bonds. The van der Waals surface area contributed by atoms with Crippen LogP contribution in [0, 0.1) is 5.41 Å². The fourth-order valence-corrected chi connectivity index (χ4v) is 3.46. The van der Waals surface area contributed by atoms with E-state index in [9.17, 15) is 4.21 Å². The smallest absolute Gasteiger partial charge is 0.145 e. The highest BCUT2D eigenvalue weighted by atomic mass is 32.2. The summed E-state index contributed by atoms with van der Waals surface area (Å²) in [5.41, 5.74) is 7.65. The van der Waals surface area contributed by atoms with Gasteiger partial charge in [-0.05, 0) is 45.2 Å².